The van der Waals surface area contributed by atoms with Crippen LogP contribution in [0.2, 0.25) is 0 Å². The molecular formula is C19H16O. The molecule has 2 aromatic rings. The highest BCUT2D eigenvalue weighted by molar-refractivity contribution is 5.42. The van der Waals surface area contributed by atoms with E-state index >= 15 is 0 Å². The molecule has 2 rings (SSSR count). The lowest BCUT2D eigenvalue weighted by Gasteiger charge is -2.09. The van der Waals surface area contributed by atoms with Gasteiger partial charge in [-0.05, 0) is 30.7 Å². The molecule has 20 heavy (non-hydrogen) atoms. The number of rotatable bonds is 2. The van der Waals surface area contributed by atoms with Crippen LogP contribution in [0.1, 0.15) is 34.8 Å². The molecule has 1 N–H and O–H groups in total. The molecule has 1 nitrogen and oxygen atoms in total. The monoisotopic (exact) mass is 260 g/mol. The van der Waals surface area contributed by atoms with Crippen LogP contribution in [-0.4, -0.2) is 5.11 Å². The van der Waals surface area contributed by atoms with Gasteiger partial charge in [-0.3, -0.25) is 0 Å². The van der Waals surface area contributed by atoms with Crippen LogP contribution in [0.5, 0.6) is 0 Å². The van der Waals surface area contributed by atoms with Crippen LogP contribution in [0.25, 0.3) is 0 Å². The molecule has 2 aromatic carbocycles. The number of hydrogen-bond acceptors (Lipinski definition) is 1. The van der Waals surface area contributed by atoms with E-state index in [1.54, 1.807) is 0 Å². The summed E-state index contributed by atoms with van der Waals surface area (Å²) in [6.07, 6.45) is 5.14. The summed E-state index contributed by atoms with van der Waals surface area (Å²) >= 11 is 0. The Morgan fingerprint density at radius 3 is 2.50 bits per heavy atom. The van der Waals surface area contributed by atoms with Gasteiger partial charge in [-0.2, -0.15) is 0 Å². The van der Waals surface area contributed by atoms with Crippen LogP contribution >= 0.6 is 0 Å². The molecule has 0 saturated heterocycles. The zero-order valence-corrected chi connectivity index (χ0v) is 11.4. The molecule has 1 unspecified atom stereocenters. The molecule has 0 aliphatic heterocycles. The molecule has 1 atom stereocenters. The quantitative estimate of drug-likeness (QED) is 0.820. The maximum atomic E-state index is 10.2. The Morgan fingerprint density at radius 2 is 1.80 bits per heavy atom. The number of aliphatic hydroxyl groups excluding tert-OH is 1. The van der Waals surface area contributed by atoms with Gasteiger partial charge in [-0.25, -0.2) is 0 Å². The van der Waals surface area contributed by atoms with Crippen molar-refractivity contribution in [3.63, 3.8) is 0 Å². The van der Waals surface area contributed by atoms with E-state index in [0.29, 0.717) is 6.42 Å². The summed E-state index contributed by atoms with van der Waals surface area (Å²) in [4.78, 5) is 0. The standard InChI is InChI=1S/C19H16O/c1-3-17-8-4-5-9-18(17)19(20)10-6-7-16-13-11-15(2)12-14-16/h1,4-5,8-9,11-14,19-20H,10H2,2H3. The zero-order valence-electron chi connectivity index (χ0n) is 11.4. The van der Waals surface area contributed by atoms with Gasteiger partial charge in [0.15, 0.2) is 0 Å². The zero-order chi connectivity index (χ0) is 14.4. The fraction of sp³-hybridized carbons (Fsp3) is 0.158. The van der Waals surface area contributed by atoms with E-state index in [1.807, 2.05) is 55.5 Å². The van der Waals surface area contributed by atoms with Crippen molar-refractivity contribution in [2.24, 2.45) is 0 Å². The second-order valence-corrected chi connectivity index (χ2v) is 4.62. The van der Waals surface area contributed by atoms with Gasteiger partial charge < -0.3 is 5.11 Å². The highest BCUT2D eigenvalue weighted by atomic mass is 16.3. The van der Waals surface area contributed by atoms with Crippen LogP contribution in [0.3, 0.4) is 0 Å². The maximum absolute atomic E-state index is 10.2. The average molecular weight is 260 g/mol. The fourth-order valence-electron chi connectivity index (χ4n) is 1.92. The summed E-state index contributed by atoms with van der Waals surface area (Å²) in [6.45, 7) is 2.04. The van der Waals surface area contributed by atoms with Gasteiger partial charge >= 0.3 is 0 Å². The van der Waals surface area contributed by atoms with E-state index in [2.05, 4.69) is 17.8 Å². The Morgan fingerprint density at radius 1 is 1.10 bits per heavy atom. The van der Waals surface area contributed by atoms with Crippen molar-refractivity contribution in [2.75, 3.05) is 0 Å². The summed E-state index contributed by atoms with van der Waals surface area (Å²) in [7, 11) is 0. The van der Waals surface area contributed by atoms with Crippen molar-refractivity contribution in [1.82, 2.24) is 0 Å². The minimum absolute atomic E-state index is 0.368. The van der Waals surface area contributed by atoms with Gasteiger partial charge in [0.2, 0.25) is 0 Å². The summed E-state index contributed by atoms with van der Waals surface area (Å²) in [5, 5.41) is 10.2. The molecule has 0 aromatic heterocycles. The van der Waals surface area contributed by atoms with E-state index in [-0.39, 0.29) is 0 Å². The molecule has 0 aliphatic carbocycles. The lowest BCUT2D eigenvalue weighted by molar-refractivity contribution is 0.183. The van der Waals surface area contributed by atoms with Crippen LogP contribution in [-0.2, 0) is 0 Å². The Labute approximate surface area is 120 Å². The molecular weight excluding hydrogens is 244 g/mol. The van der Waals surface area contributed by atoms with Crippen molar-refractivity contribution >= 4 is 0 Å². The molecule has 0 bridgehead atoms. The number of terminal acetylenes is 1. The summed E-state index contributed by atoms with van der Waals surface area (Å²) in [5.74, 6) is 8.63. The largest absolute Gasteiger partial charge is 0.387 e. The van der Waals surface area contributed by atoms with Crippen molar-refractivity contribution in [2.45, 2.75) is 19.4 Å². The van der Waals surface area contributed by atoms with E-state index < -0.39 is 6.10 Å². The summed E-state index contributed by atoms with van der Waals surface area (Å²) < 4.78 is 0. The minimum Gasteiger partial charge on any atom is -0.387 e. The molecule has 1 heteroatoms. The summed E-state index contributed by atoms with van der Waals surface area (Å²) in [5.41, 5.74) is 3.64. The maximum Gasteiger partial charge on any atom is 0.0911 e. The first kappa shape index (κ1) is 13.9. The van der Waals surface area contributed by atoms with E-state index in [9.17, 15) is 5.11 Å². The molecule has 0 spiro atoms. The van der Waals surface area contributed by atoms with Gasteiger partial charge in [-0.1, -0.05) is 53.7 Å². The third kappa shape index (κ3) is 3.51. The molecule has 0 heterocycles. The number of benzene rings is 2. The highest BCUT2D eigenvalue weighted by Gasteiger charge is 2.09. The topological polar surface area (TPSA) is 20.2 Å². The van der Waals surface area contributed by atoms with Gasteiger partial charge in [0.1, 0.15) is 0 Å². The minimum atomic E-state index is -0.653. The lowest BCUT2D eigenvalue weighted by Crippen LogP contribution is -1.99. The normalized spacial score (nSPS) is 11.1. The van der Waals surface area contributed by atoms with Gasteiger partial charge in [0, 0.05) is 17.5 Å². The molecule has 0 amide bonds. The van der Waals surface area contributed by atoms with E-state index in [1.165, 1.54) is 5.56 Å². The van der Waals surface area contributed by atoms with Crippen LogP contribution in [0.4, 0.5) is 0 Å². The smallest absolute Gasteiger partial charge is 0.0911 e. The third-order valence-corrected chi connectivity index (χ3v) is 3.05. The fourth-order valence-corrected chi connectivity index (χ4v) is 1.92. The van der Waals surface area contributed by atoms with Crippen LogP contribution < -0.4 is 0 Å². The Hall–Kier alpha value is -2.48. The number of aryl methyl sites for hydroxylation is 1. The van der Waals surface area contributed by atoms with E-state index in [0.717, 1.165) is 16.7 Å². The first-order valence-corrected chi connectivity index (χ1v) is 6.50. The summed E-state index contributed by atoms with van der Waals surface area (Å²) in [6, 6.07) is 15.4. The highest BCUT2D eigenvalue weighted by Crippen LogP contribution is 2.19. The van der Waals surface area contributed by atoms with Gasteiger partial charge in [-0.15, -0.1) is 6.42 Å². The predicted octanol–water partition coefficient (Wildman–Crippen LogP) is 3.45. The second kappa shape index (κ2) is 6.62. The van der Waals surface area contributed by atoms with Crippen molar-refractivity contribution < 1.29 is 5.11 Å². The van der Waals surface area contributed by atoms with Crippen molar-refractivity contribution in [3.05, 3.63) is 70.8 Å². The second-order valence-electron chi connectivity index (χ2n) is 4.62. The molecule has 0 fully saturated rings. The van der Waals surface area contributed by atoms with Crippen molar-refractivity contribution in [1.29, 1.82) is 0 Å². The number of aliphatic hydroxyl groups is 1. The molecule has 0 saturated carbocycles. The Kier molecular flexibility index (Phi) is 4.61. The third-order valence-electron chi connectivity index (χ3n) is 3.05. The Balaban J connectivity index is 2.08. The molecule has 0 radical (unpaired) electrons. The SMILES string of the molecule is C#Cc1ccccc1C(O)CC#Cc1ccc(C)cc1. The average Bonchev–Trinajstić information content (AvgIpc) is 2.49. The number of hydrogen-bond donors (Lipinski definition) is 1. The first-order chi connectivity index (χ1) is 9.70. The predicted molar refractivity (Wildman–Crippen MR) is 82.0 cm³/mol. The van der Waals surface area contributed by atoms with Crippen LogP contribution in [0, 0.1) is 31.1 Å². The first-order valence-electron chi connectivity index (χ1n) is 6.50. The van der Waals surface area contributed by atoms with Gasteiger partial charge in [0.05, 0.1) is 6.10 Å². The lowest BCUT2D eigenvalue weighted by atomic mass is 10.0. The molecule has 98 valence electrons. The molecule has 0 aliphatic rings. The van der Waals surface area contributed by atoms with Crippen LogP contribution in [0.15, 0.2) is 48.5 Å². The van der Waals surface area contributed by atoms with E-state index in [4.69, 9.17) is 6.42 Å². The van der Waals surface area contributed by atoms with Gasteiger partial charge in [0.25, 0.3) is 0 Å². The Bertz CT molecular complexity index is 678. The van der Waals surface area contributed by atoms with Crippen molar-refractivity contribution in [3.8, 4) is 24.2 Å².